The van der Waals surface area contributed by atoms with Crippen LogP contribution in [-0.2, 0) is 19.6 Å². The first-order chi connectivity index (χ1) is 20.0. The van der Waals surface area contributed by atoms with Gasteiger partial charge in [-0.15, -0.1) is 0 Å². The molecule has 42 heavy (non-hydrogen) atoms. The molecule has 216 valence electrons. The summed E-state index contributed by atoms with van der Waals surface area (Å²) >= 11 is 0. The minimum atomic E-state index is -3.50. The molecule has 1 aliphatic heterocycles. The van der Waals surface area contributed by atoms with E-state index < -0.39 is 16.0 Å². The lowest BCUT2D eigenvalue weighted by Gasteiger charge is -2.24. The molecule has 0 saturated carbocycles. The molecule has 0 bridgehead atoms. The number of hydrogen-bond donors (Lipinski definition) is 2. The van der Waals surface area contributed by atoms with E-state index in [9.17, 15) is 18.0 Å². The molecule has 12 heteroatoms. The molecule has 1 aliphatic rings. The van der Waals surface area contributed by atoms with E-state index in [2.05, 4.69) is 20.8 Å². The first kappa shape index (κ1) is 28.7. The molecule has 0 aliphatic carbocycles. The lowest BCUT2D eigenvalue weighted by atomic mass is 9.98. The van der Waals surface area contributed by atoms with Crippen molar-refractivity contribution in [3.63, 3.8) is 0 Å². The Balaban J connectivity index is 1.59. The summed E-state index contributed by atoms with van der Waals surface area (Å²) in [5, 5.41) is 15.9. The summed E-state index contributed by atoms with van der Waals surface area (Å²) in [6.07, 6.45) is 4.49. The second-order valence-corrected chi connectivity index (χ2v) is 12.0. The van der Waals surface area contributed by atoms with E-state index in [-0.39, 0.29) is 5.91 Å². The maximum atomic E-state index is 13.4. The largest absolute Gasteiger partial charge is 0.465 e. The second-order valence-electron chi connectivity index (χ2n) is 10.1. The Hall–Kier alpha value is -4.81. The van der Waals surface area contributed by atoms with Crippen molar-refractivity contribution in [2.24, 2.45) is 0 Å². The van der Waals surface area contributed by atoms with Crippen LogP contribution >= 0.6 is 0 Å². The molecule has 0 saturated heterocycles. The van der Waals surface area contributed by atoms with Crippen molar-refractivity contribution in [3.8, 4) is 0 Å². The fourth-order valence-electron chi connectivity index (χ4n) is 4.73. The number of carbonyl (C=O) groups is 2. The quantitative estimate of drug-likeness (QED) is 0.223. The lowest BCUT2D eigenvalue weighted by Crippen LogP contribution is -2.35. The van der Waals surface area contributed by atoms with Gasteiger partial charge in [-0.3, -0.25) is 9.10 Å². The average molecular weight is 587 g/mol. The smallest absolute Gasteiger partial charge is 0.337 e. The zero-order valence-corrected chi connectivity index (χ0v) is 24.4. The Kier molecular flexibility index (Phi) is 7.92. The molecule has 0 fully saturated rings. The number of ether oxygens (including phenoxy) is 1. The number of carbonyl (C=O) groups excluding carboxylic acids is 2. The Morgan fingerprint density at radius 3 is 2.29 bits per heavy atom. The van der Waals surface area contributed by atoms with Crippen molar-refractivity contribution >= 4 is 61.0 Å². The van der Waals surface area contributed by atoms with Crippen molar-refractivity contribution in [2.45, 2.75) is 0 Å². The van der Waals surface area contributed by atoms with Crippen molar-refractivity contribution in [2.75, 3.05) is 55.5 Å². The molecule has 0 spiro atoms. The number of fused-ring (bicyclic) bond motifs is 2. The Labute approximate surface area is 243 Å². The van der Waals surface area contributed by atoms with Gasteiger partial charge in [-0.2, -0.15) is 10.2 Å². The van der Waals surface area contributed by atoms with Gasteiger partial charge < -0.3 is 20.3 Å². The van der Waals surface area contributed by atoms with E-state index >= 15 is 0 Å². The highest BCUT2D eigenvalue weighted by atomic mass is 32.2. The molecule has 0 atom stereocenters. The van der Waals surface area contributed by atoms with Crippen LogP contribution < -0.4 is 14.9 Å². The third kappa shape index (κ3) is 5.94. The number of esters is 1. The number of hydrogen-bond acceptors (Lipinski definition) is 9. The van der Waals surface area contributed by atoms with Gasteiger partial charge in [-0.25, -0.2) is 13.2 Å². The number of nitrogens with one attached hydrogen (secondary N) is 2. The Morgan fingerprint density at radius 2 is 1.62 bits per heavy atom. The van der Waals surface area contributed by atoms with E-state index in [0.29, 0.717) is 52.5 Å². The van der Waals surface area contributed by atoms with Crippen molar-refractivity contribution < 1.29 is 22.7 Å². The number of methoxy groups -OCH3 is 1. The fourth-order valence-corrected chi connectivity index (χ4v) is 5.65. The van der Waals surface area contributed by atoms with Crippen LogP contribution in [-0.4, -0.2) is 75.9 Å². The molecule has 1 aromatic heterocycles. The zero-order valence-electron chi connectivity index (χ0n) is 23.6. The summed E-state index contributed by atoms with van der Waals surface area (Å²) in [5.74, 6) is -0.849. The van der Waals surface area contributed by atoms with E-state index in [1.54, 1.807) is 54.9 Å². The SMILES string of the molecule is COC(=O)c1ccc2c(c1)NC(=O)C2=C(Nc1ccc(N(CCN(C)C)S(C)(=O)=O)cc1)c1ccc2cnncc2c1. The zero-order chi connectivity index (χ0) is 30.0. The highest BCUT2D eigenvalue weighted by molar-refractivity contribution is 7.92. The van der Waals surface area contributed by atoms with Crippen LogP contribution in [0.25, 0.3) is 22.0 Å². The topological polar surface area (TPSA) is 134 Å². The molecule has 0 unspecified atom stereocenters. The molecule has 4 aromatic rings. The van der Waals surface area contributed by atoms with Crippen molar-refractivity contribution in [1.29, 1.82) is 0 Å². The lowest BCUT2D eigenvalue weighted by molar-refractivity contribution is -0.110. The first-order valence-corrected chi connectivity index (χ1v) is 14.9. The number of amides is 1. The summed E-state index contributed by atoms with van der Waals surface area (Å²) in [5.41, 5.74) is 4.22. The van der Waals surface area contributed by atoms with Gasteiger partial charge in [-0.05, 0) is 62.1 Å². The third-order valence-corrected chi connectivity index (χ3v) is 8.04. The van der Waals surface area contributed by atoms with Gasteiger partial charge in [0.05, 0.1) is 54.0 Å². The van der Waals surface area contributed by atoms with Crippen LogP contribution in [0.1, 0.15) is 21.5 Å². The minimum Gasteiger partial charge on any atom is -0.465 e. The highest BCUT2D eigenvalue weighted by Crippen LogP contribution is 2.39. The number of benzene rings is 3. The maximum absolute atomic E-state index is 13.4. The predicted molar refractivity (Wildman–Crippen MR) is 164 cm³/mol. The van der Waals surface area contributed by atoms with Gasteiger partial charge in [0.25, 0.3) is 5.91 Å². The number of sulfonamides is 1. The molecule has 1 amide bonds. The monoisotopic (exact) mass is 586 g/mol. The van der Waals surface area contributed by atoms with Crippen molar-refractivity contribution in [1.82, 2.24) is 15.1 Å². The van der Waals surface area contributed by atoms with Gasteiger partial charge in [0.15, 0.2) is 0 Å². The van der Waals surface area contributed by atoms with Crippen molar-refractivity contribution in [3.05, 3.63) is 89.7 Å². The fraction of sp³-hybridized carbons (Fsp3) is 0.200. The van der Waals surface area contributed by atoms with Crippen LogP contribution in [0.15, 0.2) is 73.1 Å². The van der Waals surface area contributed by atoms with Gasteiger partial charge in [0, 0.05) is 35.1 Å². The molecular formula is C30H30N6O5S. The summed E-state index contributed by atoms with van der Waals surface area (Å²) < 4.78 is 31.2. The Morgan fingerprint density at radius 1 is 0.929 bits per heavy atom. The van der Waals surface area contributed by atoms with Gasteiger partial charge in [0.1, 0.15) is 0 Å². The number of likely N-dealkylation sites (N-methyl/N-ethyl adjacent to an activating group) is 1. The number of aromatic nitrogens is 2. The van der Waals surface area contributed by atoms with Gasteiger partial charge in [-0.1, -0.05) is 18.2 Å². The normalized spacial score (nSPS) is 14.0. The maximum Gasteiger partial charge on any atom is 0.337 e. The first-order valence-electron chi connectivity index (χ1n) is 13.0. The summed E-state index contributed by atoms with van der Waals surface area (Å²) in [6, 6.07) is 17.6. The highest BCUT2D eigenvalue weighted by Gasteiger charge is 2.29. The molecule has 0 radical (unpaired) electrons. The molecule has 2 N–H and O–H groups in total. The van der Waals surface area contributed by atoms with E-state index in [4.69, 9.17) is 4.74 Å². The standard InChI is InChI=1S/C30H30N6O5S/c1-35(2)13-14-36(42(4,39)40)24-10-8-23(9-11-24)33-28(19-5-6-21-17-31-32-18-22(21)15-19)27-25-12-7-20(30(38)41-3)16-26(25)34-29(27)37/h5-12,15-18,33H,13-14H2,1-4H3,(H,34,37). The second kappa shape index (κ2) is 11.6. The molecule has 3 aromatic carbocycles. The van der Waals surface area contributed by atoms with Crippen LogP contribution in [0.2, 0.25) is 0 Å². The van der Waals surface area contributed by atoms with E-state index in [0.717, 1.165) is 16.3 Å². The number of nitrogens with zero attached hydrogens (tertiary/aromatic N) is 4. The molecule has 11 nitrogen and oxygen atoms in total. The summed E-state index contributed by atoms with van der Waals surface area (Å²) in [7, 11) is 1.57. The molecular weight excluding hydrogens is 556 g/mol. The Bertz CT molecular complexity index is 1820. The van der Waals surface area contributed by atoms with Crippen LogP contribution in [0.4, 0.5) is 17.1 Å². The van der Waals surface area contributed by atoms with Crippen LogP contribution in [0.5, 0.6) is 0 Å². The number of anilines is 3. The molecule has 5 rings (SSSR count). The summed E-state index contributed by atoms with van der Waals surface area (Å²) in [4.78, 5) is 27.4. The predicted octanol–water partition coefficient (Wildman–Crippen LogP) is 3.68. The van der Waals surface area contributed by atoms with Crippen LogP contribution in [0, 0.1) is 0 Å². The summed E-state index contributed by atoms with van der Waals surface area (Å²) in [6.45, 7) is 0.861. The van der Waals surface area contributed by atoms with Crippen LogP contribution in [0.3, 0.4) is 0 Å². The number of rotatable bonds is 9. The minimum absolute atomic E-state index is 0.304. The van der Waals surface area contributed by atoms with E-state index in [1.165, 1.54) is 17.7 Å². The van der Waals surface area contributed by atoms with Gasteiger partial charge in [0.2, 0.25) is 10.0 Å². The molecule has 2 heterocycles. The van der Waals surface area contributed by atoms with E-state index in [1.807, 2.05) is 37.2 Å². The third-order valence-electron chi connectivity index (χ3n) is 6.85. The average Bonchev–Trinajstić information content (AvgIpc) is 3.29. The van der Waals surface area contributed by atoms with Gasteiger partial charge >= 0.3 is 5.97 Å².